The lowest BCUT2D eigenvalue weighted by Crippen LogP contribution is -1.95. The first-order valence-electron chi connectivity index (χ1n) is 2.96. The van der Waals surface area contributed by atoms with Gasteiger partial charge < -0.3 is 0 Å². The monoisotopic (exact) mass is 282 g/mol. The zero-order valence-electron chi connectivity index (χ0n) is 5.91. The van der Waals surface area contributed by atoms with Crippen LogP contribution in [0.3, 0.4) is 0 Å². The van der Waals surface area contributed by atoms with Crippen molar-refractivity contribution in [2.45, 2.75) is 4.90 Å². The minimum Gasteiger partial charge on any atom is -0.224 e. The highest BCUT2D eigenvalue weighted by atomic mass is 127. The van der Waals surface area contributed by atoms with Crippen LogP contribution in [0, 0.1) is 3.57 Å². The second-order valence-corrected chi connectivity index (χ2v) is 5.49. The SMILES string of the molecule is CS(=O)(=O)c1ccc(I)cc1. The van der Waals surface area contributed by atoms with Gasteiger partial charge in [-0.3, -0.25) is 0 Å². The fourth-order valence-corrected chi connectivity index (χ4v) is 1.67. The second-order valence-electron chi connectivity index (χ2n) is 2.23. The normalized spacial score (nSPS) is 11.5. The molecule has 2 nitrogen and oxygen atoms in total. The molecule has 0 atom stereocenters. The van der Waals surface area contributed by atoms with E-state index in [9.17, 15) is 8.42 Å². The number of benzene rings is 1. The highest BCUT2D eigenvalue weighted by Gasteiger charge is 2.04. The number of halogens is 1. The van der Waals surface area contributed by atoms with Gasteiger partial charge in [0.05, 0.1) is 4.90 Å². The summed E-state index contributed by atoms with van der Waals surface area (Å²) in [6, 6.07) is 6.77. The Balaban J connectivity index is 3.20. The molecule has 0 unspecified atom stereocenters. The summed E-state index contributed by atoms with van der Waals surface area (Å²) in [7, 11) is -3.02. The van der Waals surface area contributed by atoms with Crippen molar-refractivity contribution in [1.29, 1.82) is 0 Å². The Morgan fingerprint density at radius 2 is 1.64 bits per heavy atom. The van der Waals surface area contributed by atoms with Gasteiger partial charge in [-0.25, -0.2) is 8.42 Å². The van der Waals surface area contributed by atoms with Crippen molar-refractivity contribution >= 4 is 32.4 Å². The largest absolute Gasteiger partial charge is 0.224 e. The summed E-state index contributed by atoms with van der Waals surface area (Å²) < 4.78 is 22.9. The third kappa shape index (κ3) is 2.44. The molecule has 0 amide bonds. The van der Waals surface area contributed by atoms with E-state index in [4.69, 9.17) is 0 Å². The number of hydrogen-bond acceptors (Lipinski definition) is 2. The van der Waals surface area contributed by atoms with Gasteiger partial charge in [0.15, 0.2) is 9.84 Å². The van der Waals surface area contributed by atoms with E-state index in [2.05, 4.69) is 22.6 Å². The minimum atomic E-state index is -3.02. The van der Waals surface area contributed by atoms with Gasteiger partial charge in [0, 0.05) is 9.83 Å². The average Bonchev–Trinajstić information content (AvgIpc) is 1.86. The third-order valence-electron chi connectivity index (χ3n) is 1.24. The van der Waals surface area contributed by atoms with Crippen LogP contribution in [-0.4, -0.2) is 14.7 Å². The van der Waals surface area contributed by atoms with Crippen LogP contribution in [0.25, 0.3) is 0 Å². The molecule has 1 rings (SSSR count). The molecule has 60 valence electrons. The van der Waals surface area contributed by atoms with Crippen molar-refractivity contribution in [2.24, 2.45) is 0 Å². The van der Waals surface area contributed by atoms with E-state index in [0.29, 0.717) is 4.90 Å². The molecule has 4 heteroatoms. The van der Waals surface area contributed by atoms with Crippen molar-refractivity contribution in [2.75, 3.05) is 6.26 Å². The van der Waals surface area contributed by atoms with Gasteiger partial charge in [-0.2, -0.15) is 0 Å². The highest BCUT2D eigenvalue weighted by molar-refractivity contribution is 14.1. The Morgan fingerprint density at radius 3 is 2.00 bits per heavy atom. The minimum absolute atomic E-state index is 0.373. The molecule has 0 N–H and O–H groups in total. The predicted octanol–water partition coefficient (Wildman–Crippen LogP) is 1.69. The predicted molar refractivity (Wildman–Crippen MR) is 52.3 cm³/mol. The Labute approximate surface area is 79.7 Å². The van der Waals surface area contributed by atoms with Crippen molar-refractivity contribution in [1.82, 2.24) is 0 Å². The Morgan fingerprint density at radius 1 is 1.18 bits per heavy atom. The smallest absolute Gasteiger partial charge is 0.175 e. The molecule has 1 aromatic carbocycles. The van der Waals surface area contributed by atoms with E-state index in [1.165, 1.54) is 6.26 Å². The lowest BCUT2D eigenvalue weighted by atomic mass is 10.4. The molecule has 0 aliphatic carbocycles. The fraction of sp³-hybridized carbons (Fsp3) is 0.143. The van der Waals surface area contributed by atoms with Crippen molar-refractivity contribution in [3.63, 3.8) is 0 Å². The van der Waals surface area contributed by atoms with E-state index < -0.39 is 9.84 Å². The Hall–Kier alpha value is -0.100. The van der Waals surface area contributed by atoms with Crippen LogP contribution in [0.15, 0.2) is 29.2 Å². The highest BCUT2D eigenvalue weighted by Crippen LogP contribution is 2.11. The zero-order valence-corrected chi connectivity index (χ0v) is 8.89. The maximum Gasteiger partial charge on any atom is 0.175 e. The van der Waals surface area contributed by atoms with E-state index >= 15 is 0 Å². The molecule has 0 bridgehead atoms. The molecule has 0 saturated carbocycles. The summed E-state index contributed by atoms with van der Waals surface area (Å²) in [5.41, 5.74) is 0. The molecule has 1 aromatic rings. The summed E-state index contributed by atoms with van der Waals surface area (Å²) in [5, 5.41) is 0. The van der Waals surface area contributed by atoms with Gasteiger partial charge >= 0.3 is 0 Å². The molecule has 0 aliphatic heterocycles. The van der Waals surface area contributed by atoms with Crippen LogP contribution in [-0.2, 0) is 9.84 Å². The van der Waals surface area contributed by atoms with Crippen LogP contribution < -0.4 is 0 Å². The lowest BCUT2D eigenvalue weighted by Gasteiger charge is -1.96. The Bertz CT molecular complexity index is 339. The lowest BCUT2D eigenvalue weighted by molar-refractivity contribution is 0.602. The molecule has 0 radical (unpaired) electrons. The number of rotatable bonds is 1. The van der Waals surface area contributed by atoms with E-state index in [1.54, 1.807) is 24.3 Å². The number of hydrogen-bond donors (Lipinski definition) is 0. The third-order valence-corrected chi connectivity index (χ3v) is 3.09. The standard InChI is InChI=1S/C7H7IO2S/c1-11(9,10)7-4-2-6(8)3-5-7/h2-5H,1H3. The number of sulfone groups is 1. The van der Waals surface area contributed by atoms with Crippen LogP contribution in [0.5, 0.6) is 0 Å². The van der Waals surface area contributed by atoms with Crippen molar-refractivity contribution in [3.05, 3.63) is 27.8 Å². The molecule has 0 heterocycles. The maximum absolute atomic E-state index is 10.9. The van der Waals surface area contributed by atoms with Gasteiger partial charge in [-0.1, -0.05) is 0 Å². The van der Waals surface area contributed by atoms with Gasteiger partial charge in [0.1, 0.15) is 0 Å². The van der Waals surface area contributed by atoms with E-state index in [-0.39, 0.29) is 0 Å². The van der Waals surface area contributed by atoms with Gasteiger partial charge in [0.25, 0.3) is 0 Å². The Kier molecular flexibility index (Phi) is 2.54. The summed E-state index contributed by atoms with van der Waals surface area (Å²) in [4.78, 5) is 0.373. The van der Waals surface area contributed by atoms with Crippen LogP contribution in [0.1, 0.15) is 0 Å². The molecular weight excluding hydrogens is 275 g/mol. The first-order chi connectivity index (χ1) is 5.00. The first-order valence-corrected chi connectivity index (χ1v) is 5.93. The fourth-order valence-electron chi connectivity index (χ4n) is 0.682. The molecular formula is C7H7IO2S. The van der Waals surface area contributed by atoms with E-state index in [1.807, 2.05) is 0 Å². The molecule has 0 aromatic heterocycles. The maximum atomic E-state index is 10.9. The van der Waals surface area contributed by atoms with Gasteiger partial charge in [-0.15, -0.1) is 0 Å². The zero-order chi connectivity index (χ0) is 8.48. The van der Waals surface area contributed by atoms with Crippen molar-refractivity contribution < 1.29 is 8.42 Å². The van der Waals surface area contributed by atoms with Crippen LogP contribution in [0.4, 0.5) is 0 Å². The molecule has 0 saturated heterocycles. The first kappa shape index (κ1) is 8.99. The quantitative estimate of drug-likeness (QED) is 0.735. The second kappa shape index (κ2) is 3.10. The summed E-state index contributed by atoms with van der Waals surface area (Å²) in [6.07, 6.45) is 1.20. The summed E-state index contributed by atoms with van der Waals surface area (Å²) in [6.45, 7) is 0. The molecule has 0 aliphatic rings. The summed E-state index contributed by atoms with van der Waals surface area (Å²) in [5.74, 6) is 0. The van der Waals surface area contributed by atoms with E-state index in [0.717, 1.165) is 3.57 Å². The molecule has 0 spiro atoms. The summed E-state index contributed by atoms with van der Waals surface area (Å²) >= 11 is 2.13. The van der Waals surface area contributed by atoms with Gasteiger partial charge in [-0.05, 0) is 46.9 Å². The molecule has 0 fully saturated rings. The average molecular weight is 282 g/mol. The van der Waals surface area contributed by atoms with Crippen LogP contribution in [0.2, 0.25) is 0 Å². The van der Waals surface area contributed by atoms with Crippen LogP contribution >= 0.6 is 22.6 Å². The molecule has 11 heavy (non-hydrogen) atoms. The van der Waals surface area contributed by atoms with Crippen molar-refractivity contribution in [3.8, 4) is 0 Å². The van der Waals surface area contributed by atoms with Gasteiger partial charge in [0.2, 0.25) is 0 Å². The topological polar surface area (TPSA) is 34.1 Å².